The Hall–Kier alpha value is -2.95. The Bertz CT molecular complexity index is 800. The van der Waals surface area contributed by atoms with E-state index < -0.39 is 0 Å². The fourth-order valence-electron chi connectivity index (χ4n) is 2.15. The molecular weight excluding hydrogens is 278 g/mol. The summed E-state index contributed by atoms with van der Waals surface area (Å²) in [7, 11) is 1.59. The number of methoxy groups -OCH3 is 1. The van der Waals surface area contributed by atoms with Gasteiger partial charge >= 0.3 is 0 Å². The van der Waals surface area contributed by atoms with E-state index in [1.807, 2.05) is 18.2 Å². The predicted octanol–water partition coefficient (Wildman–Crippen LogP) is 2.57. The lowest BCUT2D eigenvalue weighted by atomic mass is 10.1. The van der Waals surface area contributed by atoms with Crippen LogP contribution in [0.3, 0.4) is 0 Å². The Labute approximate surface area is 128 Å². The Morgan fingerprint density at radius 3 is 2.50 bits per heavy atom. The van der Waals surface area contributed by atoms with E-state index in [1.54, 1.807) is 43.8 Å². The van der Waals surface area contributed by atoms with E-state index in [0.29, 0.717) is 12.1 Å². The molecule has 0 aliphatic rings. The maximum absolute atomic E-state index is 12.1. The molecule has 3 rings (SSSR count). The molecule has 2 aromatic carbocycles. The maximum atomic E-state index is 12.1. The molecule has 1 heterocycles. The third kappa shape index (κ3) is 3.03. The summed E-state index contributed by atoms with van der Waals surface area (Å²) in [5.74, 6) is 0.603. The first-order valence-corrected chi connectivity index (χ1v) is 6.88. The third-order valence-electron chi connectivity index (χ3n) is 3.34. The predicted molar refractivity (Wildman–Crippen MR) is 83.7 cm³/mol. The van der Waals surface area contributed by atoms with E-state index in [1.165, 1.54) is 0 Å². The summed E-state index contributed by atoms with van der Waals surface area (Å²) in [4.78, 5) is 20.6. The van der Waals surface area contributed by atoms with Gasteiger partial charge in [-0.3, -0.25) is 14.8 Å². The molecule has 1 amide bonds. The molecule has 0 saturated carbocycles. The number of ether oxygens (including phenoxy) is 1. The monoisotopic (exact) mass is 293 g/mol. The molecule has 0 unspecified atom stereocenters. The van der Waals surface area contributed by atoms with Crippen LogP contribution in [0.4, 0.5) is 0 Å². The van der Waals surface area contributed by atoms with Gasteiger partial charge in [0, 0.05) is 24.5 Å². The number of nitrogens with zero attached hydrogens (tertiary/aromatic N) is 2. The summed E-state index contributed by atoms with van der Waals surface area (Å²) < 4.78 is 5.07. The van der Waals surface area contributed by atoms with Gasteiger partial charge in [-0.15, -0.1) is 0 Å². The zero-order valence-electron chi connectivity index (χ0n) is 12.1. The largest absolute Gasteiger partial charge is 0.497 e. The minimum atomic E-state index is -0.123. The lowest BCUT2D eigenvalue weighted by Crippen LogP contribution is -2.22. The highest BCUT2D eigenvalue weighted by atomic mass is 16.5. The Kier molecular flexibility index (Phi) is 3.96. The lowest BCUT2D eigenvalue weighted by Gasteiger charge is -2.07. The third-order valence-corrected chi connectivity index (χ3v) is 3.34. The highest BCUT2D eigenvalue weighted by Crippen LogP contribution is 2.13. The second kappa shape index (κ2) is 6.22. The van der Waals surface area contributed by atoms with E-state index >= 15 is 0 Å². The number of carbonyl (C=O) groups excluding carboxylic acids is 1. The molecular formula is C17H15N3O2. The standard InChI is InChI=1S/C17H15N3O2/c1-22-14-5-3-13(4-6-14)17(21)20-11-12-2-7-15-16(10-12)19-9-8-18-15/h2-10H,11H2,1H3,(H,20,21). The number of benzene rings is 2. The molecule has 0 radical (unpaired) electrons. The van der Waals surface area contributed by atoms with Crippen LogP contribution in [0.5, 0.6) is 5.75 Å². The van der Waals surface area contributed by atoms with Crippen LogP contribution >= 0.6 is 0 Å². The maximum Gasteiger partial charge on any atom is 0.251 e. The number of amides is 1. The van der Waals surface area contributed by atoms with Crippen molar-refractivity contribution in [3.8, 4) is 5.75 Å². The van der Waals surface area contributed by atoms with E-state index in [4.69, 9.17) is 4.74 Å². The van der Waals surface area contributed by atoms with Gasteiger partial charge in [-0.2, -0.15) is 0 Å². The first-order valence-electron chi connectivity index (χ1n) is 6.88. The van der Waals surface area contributed by atoms with Crippen molar-refractivity contribution in [2.24, 2.45) is 0 Å². The van der Waals surface area contributed by atoms with Crippen molar-refractivity contribution in [3.05, 3.63) is 66.0 Å². The summed E-state index contributed by atoms with van der Waals surface area (Å²) in [6.07, 6.45) is 3.31. The van der Waals surface area contributed by atoms with Gasteiger partial charge < -0.3 is 10.1 Å². The summed E-state index contributed by atoms with van der Waals surface area (Å²) in [5, 5.41) is 2.89. The second-order valence-corrected chi connectivity index (χ2v) is 4.79. The topological polar surface area (TPSA) is 64.1 Å². The van der Waals surface area contributed by atoms with E-state index in [2.05, 4.69) is 15.3 Å². The minimum Gasteiger partial charge on any atom is -0.497 e. The Morgan fingerprint density at radius 1 is 1.05 bits per heavy atom. The van der Waals surface area contributed by atoms with Crippen molar-refractivity contribution in [3.63, 3.8) is 0 Å². The molecule has 1 N–H and O–H groups in total. The number of rotatable bonds is 4. The molecule has 0 bridgehead atoms. The Balaban J connectivity index is 1.68. The number of hydrogen-bond acceptors (Lipinski definition) is 4. The van der Waals surface area contributed by atoms with Crippen LogP contribution in [0.15, 0.2) is 54.9 Å². The van der Waals surface area contributed by atoms with Gasteiger partial charge in [-0.25, -0.2) is 0 Å². The van der Waals surface area contributed by atoms with Crippen molar-refractivity contribution in [2.75, 3.05) is 7.11 Å². The second-order valence-electron chi connectivity index (χ2n) is 4.79. The smallest absolute Gasteiger partial charge is 0.251 e. The summed E-state index contributed by atoms with van der Waals surface area (Å²) >= 11 is 0. The number of aromatic nitrogens is 2. The van der Waals surface area contributed by atoms with Gasteiger partial charge in [0.05, 0.1) is 18.1 Å². The summed E-state index contributed by atoms with van der Waals surface area (Å²) in [6.45, 7) is 0.442. The molecule has 5 heteroatoms. The number of hydrogen-bond donors (Lipinski definition) is 1. The van der Waals surface area contributed by atoms with Crippen LogP contribution in [0.2, 0.25) is 0 Å². The van der Waals surface area contributed by atoms with Crippen molar-refractivity contribution >= 4 is 16.9 Å². The first-order chi connectivity index (χ1) is 10.8. The molecule has 3 aromatic rings. The molecule has 0 spiro atoms. The van der Waals surface area contributed by atoms with Gasteiger partial charge in [0.1, 0.15) is 5.75 Å². The van der Waals surface area contributed by atoms with Gasteiger partial charge in [-0.1, -0.05) is 6.07 Å². The normalized spacial score (nSPS) is 10.4. The molecule has 5 nitrogen and oxygen atoms in total. The van der Waals surface area contributed by atoms with E-state index in [9.17, 15) is 4.79 Å². The van der Waals surface area contributed by atoms with Crippen LogP contribution in [-0.4, -0.2) is 23.0 Å². The fourth-order valence-corrected chi connectivity index (χ4v) is 2.15. The van der Waals surface area contributed by atoms with Gasteiger partial charge in [-0.05, 0) is 42.0 Å². The van der Waals surface area contributed by atoms with Crippen LogP contribution in [0.1, 0.15) is 15.9 Å². The molecule has 110 valence electrons. The summed E-state index contributed by atoms with van der Waals surface area (Å²) in [5.41, 5.74) is 3.24. The molecule has 0 aliphatic carbocycles. The number of fused-ring (bicyclic) bond motifs is 1. The SMILES string of the molecule is COc1ccc(C(=O)NCc2ccc3nccnc3c2)cc1. The van der Waals surface area contributed by atoms with Gasteiger partial charge in [0.2, 0.25) is 0 Å². The van der Waals surface area contributed by atoms with Crippen LogP contribution in [0.25, 0.3) is 11.0 Å². The lowest BCUT2D eigenvalue weighted by molar-refractivity contribution is 0.0951. The minimum absolute atomic E-state index is 0.123. The zero-order chi connectivity index (χ0) is 15.4. The average molecular weight is 293 g/mol. The van der Waals surface area contributed by atoms with Crippen molar-refractivity contribution in [1.29, 1.82) is 0 Å². The highest BCUT2D eigenvalue weighted by Gasteiger charge is 2.06. The van der Waals surface area contributed by atoms with Crippen molar-refractivity contribution in [1.82, 2.24) is 15.3 Å². The quantitative estimate of drug-likeness (QED) is 0.803. The molecule has 0 fully saturated rings. The van der Waals surface area contributed by atoms with Gasteiger partial charge in [0.15, 0.2) is 0 Å². The zero-order valence-corrected chi connectivity index (χ0v) is 12.1. The first kappa shape index (κ1) is 14.0. The van der Waals surface area contributed by atoms with Crippen LogP contribution in [-0.2, 0) is 6.54 Å². The van der Waals surface area contributed by atoms with Crippen LogP contribution < -0.4 is 10.1 Å². The fraction of sp³-hybridized carbons (Fsp3) is 0.118. The molecule has 22 heavy (non-hydrogen) atoms. The molecule has 1 aromatic heterocycles. The van der Waals surface area contributed by atoms with E-state index in [-0.39, 0.29) is 5.91 Å². The number of nitrogens with one attached hydrogen (secondary N) is 1. The Morgan fingerprint density at radius 2 is 1.77 bits per heavy atom. The molecule has 0 aliphatic heterocycles. The van der Waals surface area contributed by atoms with E-state index in [0.717, 1.165) is 22.3 Å². The van der Waals surface area contributed by atoms with Crippen molar-refractivity contribution < 1.29 is 9.53 Å². The van der Waals surface area contributed by atoms with Crippen molar-refractivity contribution in [2.45, 2.75) is 6.54 Å². The van der Waals surface area contributed by atoms with Gasteiger partial charge in [0.25, 0.3) is 5.91 Å². The van der Waals surface area contributed by atoms with Crippen LogP contribution in [0, 0.1) is 0 Å². The number of carbonyl (C=O) groups is 1. The molecule has 0 atom stereocenters. The summed E-state index contributed by atoms with van der Waals surface area (Å²) in [6, 6.07) is 12.8. The molecule has 0 saturated heterocycles. The highest BCUT2D eigenvalue weighted by molar-refractivity contribution is 5.94. The average Bonchev–Trinajstić information content (AvgIpc) is 2.59.